The molecule has 0 N–H and O–H groups in total. The minimum absolute atomic E-state index is 0.0722. The van der Waals surface area contributed by atoms with Crippen LogP contribution in [0.15, 0.2) is 30.3 Å². The minimum atomic E-state index is -0.0722. The van der Waals surface area contributed by atoms with Crippen LogP contribution < -0.4 is 0 Å². The van der Waals surface area contributed by atoms with Crippen LogP contribution in [0.2, 0.25) is 0 Å². The maximum absolute atomic E-state index is 11.2. The van der Waals surface area contributed by atoms with Gasteiger partial charge in [-0.3, -0.25) is 4.79 Å². The number of rotatable bonds is 7. The van der Waals surface area contributed by atoms with Crippen LogP contribution in [-0.2, 0) is 9.53 Å². The Kier molecular flexibility index (Phi) is 6.48. The standard InChI is InChI=1S/C16H24O2/c1-4-8-16(17)18-12-11-13(2)14(3)15-9-6-5-7-10-15/h5-7,9-10,13-14H,4,8,11-12H2,1-3H3. The van der Waals surface area contributed by atoms with Crippen molar-refractivity contribution in [2.75, 3.05) is 6.61 Å². The maximum atomic E-state index is 11.2. The molecule has 0 aliphatic carbocycles. The van der Waals surface area contributed by atoms with Gasteiger partial charge in [-0.25, -0.2) is 0 Å². The average Bonchev–Trinajstić information content (AvgIpc) is 2.39. The summed E-state index contributed by atoms with van der Waals surface area (Å²) >= 11 is 0. The smallest absolute Gasteiger partial charge is 0.305 e. The average molecular weight is 248 g/mol. The summed E-state index contributed by atoms with van der Waals surface area (Å²) in [6.45, 7) is 6.97. The number of carbonyl (C=O) groups excluding carboxylic acids is 1. The van der Waals surface area contributed by atoms with Gasteiger partial charge in [0.2, 0.25) is 0 Å². The lowest BCUT2D eigenvalue weighted by atomic mass is 9.87. The third-order valence-corrected chi connectivity index (χ3v) is 3.47. The molecule has 1 aromatic carbocycles. The molecule has 0 aromatic heterocycles. The lowest BCUT2D eigenvalue weighted by Crippen LogP contribution is -2.12. The van der Waals surface area contributed by atoms with E-state index in [0.717, 1.165) is 12.8 Å². The van der Waals surface area contributed by atoms with Gasteiger partial charge in [-0.15, -0.1) is 0 Å². The van der Waals surface area contributed by atoms with Crippen LogP contribution in [0.5, 0.6) is 0 Å². The summed E-state index contributed by atoms with van der Waals surface area (Å²) in [4.78, 5) is 11.2. The Morgan fingerprint density at radius 1 is 1.22 bits per heavy atom. The van der Waals surface area contributed by atoms with Gasteiger partial charge in [0.05, 0.1) is 6.61 Å². The Balaban J connectivity index is 2.32. The van der Waals surface area contributed by atoms with Crippen molar-refractivity contribution >= 4 is 5.97 Å². The molecule has 2 heteroatoms. The lowest BCUT2D eigenvalue weighted by molar-refractivity contribution is -0.144. The van der Waals surface area contributed by atoms with E-state index in [0.29, 0.717) is 24.9 Å². The zero-order valence-electron chi connectivity index (χ0n) is 11.7. The first kappa shape index (κ1) is 14.7. The molecule has 0 fully saturated rings. The Morgan fingerprint density at radius 3 is 2.50 bits per heavy atom. The van der Waals surface area contributed by atoms with Crippen molar-refractivity contribution in [3.8, 4) is 0 Å². The summed E-state index contributed by atoms with van der Waals surface area (Å²) in [5.41, 5.74) is 1.35. The van der Waals surface area contributed by atoms with Crippen molar-refractivity contribution in [2.24, 2.45) is 5.92 Å². The van der Waals surface area contributed by atoms with Crippen molar-refractivity contribution < 1.29 is 9.53 Å². The molecule has 2 unspecified atom stereocenters. The maximum Gasteiger partial charge on any atom is 0.305 e. The van der Waals surface area contributed by atoms with Gasteiger partial charge in [-0.1, -0.05) is 51.1 Å². The van der Waals surface area contributed by atoms with E-state index in [2.05, 4.69) is 38.1 Å². The van der Waals surface area contributed by atoms with E-state index in [1.165, 1.54) is 5.56 Å². The molecule has 1 rings (SSSR count). The lowest BCUT2D eigenvalue weighted by Gasteiger charge is -2.20. The van der Waals surface area contributed by atoms with Gasteiger partial charge in [0.1, 0.15) is 0 Å². The van der Waals surface area contributed by atoms with Crippen LogP contribution in [0.25, 0.3) is 0 Å². The van der Waals surface area contributed by atoms with Gasteiger partial charge in [0, 0.05) is 6.42 Å². The largest absolute Gasteiger partial charge is 0.466 e. The molecule has 0 radical (unpaired) electrons. The molecule has 0 saturated carbocycles. The van der Waals surface area contributed by atoms with Crippen molar-refractivity contribution in [3.05, 3.63) is 35.9 Å². The molecule has 0 aliphatic rings. The van der Waals surface area contributed by atoms with Gasteiger partial charge >= 0.3 is 5.97 Å². The fourth-order valence-electron chi connectivity index (χ4n) is 1.97. The second-order valence-corrected chi connectivity index (χ2v) is 4.94. The number of esters is 1. The van der Waals surface area contributed by atoms with Gasteiger partial charge < -0.3 is 4.74 Å². The highest BCUT2D eigenvalue weighted by Gasteiger charge is 2.14. The monoisotopic (exact) mass is 248 g/mol. The number of carbonyl (C=O) groups is 1. The van der Waals surface area contributed by atoms with Crippen LogP contribution in [0.1, 0.15) is 51.5 Å². The predicted octanol–water partition coefficient (Wildman–Crippen LogP) is 4.16. The Bertz CT molecular complexity index is 345. The van der Waals surface area contributed by atoms with Gasteiger partial charge in [0.15, 0.2) is 0 Å². The molecule has 0 spiro atoms. The number of benzene rings is 1. The molecule has 2 nitrogen and oxygen atoms in total. The molecular weight excluding hydrogens is 224 g/mol. The molecule has 18 heavy (non-hydrogen) atoms. The molecule has 100 valence electrons. The molecule has 0 heterocycles. The number of hydrogen-bond acceptors (Lipinski definition) is 2. The van der Waals surface area contributed by atoms with Crippen LogP contribution in [0.3, 0.4) is 0 Å². The first-order valence-electron chi connectivity index (χ1n) is 6.85. The highest BCUT2D eigenvalue weighted by atomic mass is 16.5. The molecule has 1 aromatic rings. The van der Waals surface area contributed by atoms with E-state index in [1.54, 1.807) is 0 Å². The van der Waals surface area contributed by atoms with E-state index in [9.17, 15) is 4.79 Å². The zero-order chi connectivity index (χ0) is 13.4. The van der Waals surface area contributed by atoms with Crippen molar-refractivity contribution in [3.63, 3.8) is 0 Å². The Hall–Kier alpha value is -1.31. The van der Waals surface area contributed by atoms with E-state index in [4.69, 9.17) is 4.74 Å². The minimum Gasteiger partial charge on any atom is -0.466 e. The Morgan fingerprint density at radius 2 is 1.89 bits per heavy atom. The van der Waals surface area contributed by atoms with Crippen molar-refractivity contribution in [1.82, 2.24) is 0 Å². The van der Waals surface area contributed by atoms with Crippen LogP contribution in [0, 0.1) is 5.92 Å². The highest BCUT2D eigenvalue weighted by Crippen LogP contribution is 2.26. The molecule has 2 atom stereocenters. The van der Waals surface area contributed by atoms with Crippen LogP contribution in [0.4, 0.5) is 0 Å². The molecular formula is C16H24O2. The normalized spacial score (nSPS) is 13.9. The first-order chi connectivity index (χ1) is 8.65. The molecule has 0 aliphatic heterocycles. The van der Waals surface area contributed by atoms with Crippen molar-refractivity contribution in [1.29, 1.82) is 0 Å². The summed E-state index contributed by atoms with van der Waals surface area (Å²) < 4.78 is 5.20. The number of ether oxygens (including phenoxy) is 1. The fraction of sp³-hybridized carbons (Fsp3) is 0.562. The fourth-order valence-corrected chi connectivity index (χ4v) is 1.97. The van der Waals surface area contributed by atoms with Crippen LogP contribution >= 0.6 is 0 Å². The SMILES string of the molecule is CCCC(=O)OCCC(C)C(C)c1ccccc1. The number of hydrogen-bond donors (Lipinski definition) is 0. The zero-order valence-corrected chi connectivity index (χ0v) is 11.7. The topological polar surface area (TPSA) is 26.3 Å². The summed E-state index contributed by atoms with van der Waals surface area (Å²) in [6, 6.07) is 10.5. The van der Waals surface area contributed by atoms with E-state index >= 15 is 0 Å². The third kappa shape index (κ3) is 4.91. The molecule has 0 amide bonds. The summed E-state index contributed by atoms with van der Waals surface area (Å²) in [5, 5.41) is 0. The van der Waals surface area contributed by atoms with E-state index < -0.39 is 0 Å². The highest BCUT2D eigenvalue weighted by molar-refractivity contribution is 5.69. The molecule has 0 bridgehead atoms. The third-order valence-electron chi connectivity index (χ3n) is 3.47. The van der Waals surface area contributed by atoms with E-state index in [1.807, 2.05) is 13.0 Å². The summed E-state index contributed by atoms with van der Waals surface area (Å²) in [5.74, 6) is 0.940. The van der Waals surface area contributed by atoms with Gasteiger partial charge in [0.25, 0.3) is 0 Å². The second-order valence-electron chi connectivity index (χ2n) is 4.94. The van der Waals surface area contributed by atoms with Gasteiger partial charge in [-0.2, -0.15) is 0 Å². The first-order valence-corrected chi connectivity index (χ1v) is 6.85. The molecule has 0 saturated heterocycles. The van der Waals surface area contributed by atoms with Crippen LogP contribution in [-0.4, -0.2) is 12.6 Å². The second kappa shape index (κ2) is 7.91. The Labute approximate surface area is 110 Å². The predicted molar refractivity (Wildman–Crippen MR) is 74.5 cm³/mol. The summed E-state index contributed by atoms with van der Waals surface area (Å²) in [7, 11) is 0. The van der Waals surface area contributed by atoms with E-state index in [-0.39, 0.29) is 5.97 Å². The quantitative estimate of drug-likeness (QED) is 0.677. The van der Waals surface area contributed by atoms with Gasteiger partial charge in [-0.05, 0) is 30.2 Å². The summed E-state index contributed by atoms with van der Waals surface area (Å²) in [6.07, 6.45) is 2.31. The van der Waals surface area contributed by atoms with Crippen molar-refractivity contribution in [2.45, 2.75) is 46.0 Å².